The highest BCUT2D eigenvalue weighted by molar-refractivity contribution is 7.92. The van der Waals surface area contributed by atoms with Crippen molar-refractivity contribution in [2.24, 2.45) is 0 Å². The van der Waals surface area contributed by atoms with Crippen LogP contribution in [0.4, 0.5) is 10.1 Å². The summed E-state index contributed by atoms with van der Waals surface area (Å²) in [6.07, 6.45) is 0.148. The van der Waals surface area contributed by atoms with E-state index >= 15 is 0 Å². The van der Waals surface area contributed by atoms with Crippen LogP contribution >= 0.6 is 11.6 Å². The third-order valence-corrected chi connectivity index (χ3v) is 9.15. The maximum Gasteiger partial charge on any atom is 0.264 e. The fourth-order valence-electron chi connectivity index (χ4n) is 4.85. The van der Waals surface area contributed by atoms with E-state index in [2.05, 4.69) is 5.32 Å². The molecule has 46 heavy (non-hydrogen) atoms. The van der Waals surface area contributed by atoms with E-state index in [1.54, 1.807) is 18.2 Å². The molecule has 0 saturated carbocycles. The van der Waals surface area contributed by atoms with Gasteiger partial charge in [0.2, 0.25) is 11.8 Å². The van der Waals surface area contributed by atoms with Crippen LogP contribution in [0.25, 0.3) is 0 Å². The number of nitrogens with zero attached hydrogens (tertiary/aromatic N) is 2. The summed E-state index contributed by atoms with van der Waals surface area (Å²) in [7, 11) is -2.86. The Bertz CT molecular complexity index is 1750. The van der Waals surface area contributed by atoms with E-state index in [0.29, 0.717) is 11.3 Å². The molecular formula is C35H37ClFN3O5S. The van der Waals surface area contributed by atoms with E-state index in [1.165, 1.54) is 66.6 Å². The number of ether oxygens (including phenoxy) is 1. The van der Waals surface area contributed by atoms with Crippen molar-refractivity contribution in [2.75, 3.05) is 18.0 Å². The maximum absolute atomic E-state index is 14.5. The molecule has 0 bridgehead atoms. The van der Waals surface area contributed by atoms with Gasteiger partial charge in [-0.3, -0.25) is 13.9 Å². The van der Waals surface area contributed by atoms with E-state index in [0.717, 1.165) is 9.87 Å². The first-order valence-corrected chi connectivity index (χ1v) is 16.4. The Labute approximate surface area is 274 Å². The Kier molecular flexibility index (Phi) is 11.1. The summed E-state index contributed by atoms with van der Waals surface area (Å²) in [5, 5.41) is 3.12. The normalized spacial score (nSPS) is 12.2. The van der Waals surface area contributed by atoms with Crippen LogP contribution in [-0.2, 0) is 32.6 Å². The minimum absolute atomic E-state index is 0.0360. The molecule has 11 heteroatoms. The number of sulfonamides is 1. The number of halogens is 2. The fourth-order valence-corrected chi connectivity index (χ4v) is 6.53. The lowest BCUT2D eigenvalue weighted by atomic mass is 10.0. The molecule has 4 aromatic rings. The second kappa shape index (κ2) is 14.8. The Morgan fingerprint density at radius 1 is 0.891 bits per heavy atom. The number of anilines is 1. The van der Waals surface area contributed by atoms with E-state index in [9.17, 15) is 22.4 Å². The van der Waals surface area contributed by atoms with Crippen LogP contribution < -0.4 is 14.4 Å². The lowest BCUT2D eigenvalue weighted by Crippen LogP contribution is -2.56. The highest BCUT2D eigenvalue weighted by atomic mass is 35.5. The summed E-state index contributed by atoms with van der Waals surface area (Å²) < 4.78 is 48.3. The van der Waals surface area contributed by atoms with Gasteiger partial charge in [-0.1, -0.05) is 72.3 Å². The molecule has 0 aliphatic rings. The number of benzene rings is 4. The van der Waals surface area contributed by atoms with Crippen molar-refractivity contribution < 1.29 is 27.1 Å². The number of rotatable bonds is 12. The minimum atomic E-state index is -4.29. The molecule has 0 saturated heterocycles. The summed E-state index contributed by atoms with van der Waals surface area (Å²) in [5.74, 6) is -1.20. The van der Waals surface area contributed by atoms with Crippen LogP contribution in [0, 0.1) is 5.82 Å². The van der Waals surface area contributed by atoms with Crippen molar-refractivity contribution in [1.29, 1.82) is 0 Å². The zero-order valence-corrected chi connectivity index (χ0v) is 27.7. The van der Waals surface area contributed by atoms with Gasteiger partial charge in [0.15, 0.2) is 0 Å². The monoisotopic (exact) mass is 665 g/mol. The number of amides is 2. The standard InChI is InChI=1S/C35H37ClFN3O5S/c1-35(2,3)38-34(42)31(21-25-11-7-5-8-12-25)39(23-26-15-17-27(37)18-16-26)33(41)24-40(28-19-20-32(45-4)30(36)22-28)46(43,44)29-13-9-6-10-14-29/h5-20,22,31H,21,23-24H2,1-4H3,(H,38,42). The first-order chi connectivity index (χ1) is 21.8. The molecule has 0 aliphatic carbocycles. The van der Waals surface area contributed by atoms with Crippen molar-refractivity contribution in [1.82, 2.24) is 10.2 Å². The number of hydrogen-bond acceptors (Lipinski definition) is 5. The zero-order valence-electron chi connectivity index (χ0n) is 26.1. The van der Waals surface area contributed by atoms with Crippen LogP contribution in [0.2, 0.25) is 5.02 Å². The van der Waals surface area contributed by atoms with Crippen molar-refractivity contribution in [3.63, 3.8) is 0 Å². The molecule has 0 spiro atoms. The molecule has 1 atom stereocenters. The SMILES string of the molecule is COc1ccc(N(CC(=O)N(Cc2ccc(F)cc2)C(Cc2ccccc2)C(=O)NC(C)(C)C)S(=O)(=O)c2ccccc2)cc1Cl. The lowest BCUT2D eigenvalue weighted by molar-refractivity contribution is -0.140. The van der Waals surface area contributed by atoms with Gasteiger partial charge in [-0.25, -0.2) is 12.8 Å². The molecule has 0 aromatic heterocycles. The number of nitrogens with one attached hydrogen (secondary N) is 1. The maximum atomic E-state index is 14.5. The van der Waals surface area contributed by atoms with Gasteiger partial charge < -0.3 is 15.0 Å². The quantitative estimate of drug-likeness (QED) is 0.193. The van der Waals surface area contributed by atoms with Crippen LogP contribution in [0.15, 0.2) is 108 Å². The average Bonchev–Trinajstić information content (AvgIpc) is 3.02. The number of methoxy groups -OCH3 is 1. The van der Waals surface area contributed by atoms with Crippen LogP contribution in [0.3, 0.4) is 0 Å². The Balaban J connectivity index is 1.83. The molecule has 0 fully saturated rings. The molecule has 4 rings (SSSR count). The van der Waals surface area contributed by atoms with Gasteiger partial charge >= 0.3 is 0 Å². The van der Waals surface area contributed by atoms with Gasteiger partial charge in [0.25, 0.3) is 10.0 Å². The third kappa shape index (κ3) is 8.86. The van der Waals surface area contributed by atoms with Gasteiger partial charge in [0.05, 0.1) is 22.7 Å². The van der Waals surface area contributed by atoms with Gasteiger partial charge in [-0.2, -0.15) is 0 Å². The second-order valence-corrected chi connectivity index (χ2v) is 14.0. The highest BCUT2D eigenvalue weighted by Crippen LogP contribution is 2.32. The smallest absolute Gasteiger partial charge is 0.264 e. The molecule has 1 unspecified atom stereocenters. The molecule has 2 amide bonds. The molecule has 8 nitrogen and oxygen atoms in total. The van der Waals surface area contributed by atoms with Crippen molar-refractivity contribution in [3.05, 3.63) is 125 Å². The predicted molar refractivity (Wildman–Crippen MR) is 178 cm³/mol. The Morgan fingerprint density at radius 2 is 1.50 bits per heavy atom. The topological polar surface area (TPSA) is 96.0 Å². The number of carbonyl (C=O) groups is 2. The largest absolute Gasteiger partial charge is 0.495 e. The van der Waals surface area contributed by atoms with Crippen LogP contribution in [-0.4, -0.2) is 50.4 Å². The van der Waals surface area contributed by atoms with Crippen LogP contribution in [0.1, 0.15) is 31.9 Å². The summed E-state index contributed by atoms with van der Waals surface area (Å²) in [6, 6.07) is 25.9. The van der Waals surface area contributed by atoms with Gasteiger partial charge in [-0.15, -0.1) is 0 Å². The van der Waals surface area contributed by atoms with E-state index < -0.39 is 45.8 Å². The summed E-state index contributed by atoms with van der Waals surface area (Å²) in [6.45, 7) is 4.75. The molecule has 1 N–H and O–H groups in total. The third-order valence-electron chi connectivity index (χ3n) is 7.07. The van der Waals surface area contributed by atoms with Crippen molar-refractivity contribution in [2.45, 2.75) is 50.2 Å². The van der Waals surface area contributed by atoms with E-state index in [1.807, 2.05) is 51.1 Å². The Hall–Kier alpha value is -4.41. The van der Waals surface area contributed by atoms with E-state index in [4.69, 9.17) is 16.3 Å². The van der Waals surface area contributed by atoms with Crippen molar-refractivity contribution in [3.8, 4) is 5.75 Å². The fraction of sp³-hybridized carbons (Fsp3) is 0.257. The predicted octanol–water partition coefficient (Wildman–Crippen LogP) is 6.24. The van der Waals surface area contributed by atoms with Crippen LogP contribution in [0.5, 0.6) is 5.75 Å². The number of hydrogen-bond donors (Lipinski definition) is 1. The molecule has 0 radical (unpaired) electrons. The zero-order chi connectivity index (χ0) is 33.5. The average molecular weight is 666 g/mol. The summed E-state index contributed by atoms with van der Waals surface area (Å²) in [4.78, 5) is 29.7. The Morgan fingerprint density at radius 3 is 2.07 bits per heavy atom. The molecular weight excluding hydrogens is 629 g/mol. The van der Waals surface area contributed by atoms with Gasteiger partial charge in [0, 0.05) is 18.5 Å². The van der Waals surface area contributed by atoms with Gasteiger partial charge in [-0.05, 0) is 74.4 Å². The molecule has 0 heterocycles. The van der Waals surface area contributed by atoms with E-state index in [-0.39, 0.29) is 28.6 Å². The van der Waals surface area contributed by atoms with Crippen molar-refractivity contribution >= 4 is 39.1 Å². The first-order valence-electron chi connectivity index (χ1n) is 14.6. The highest BCUT2D eigenvalue weighted by Gasteiger charge is 2.35. The number of carbonyl (C=O) groups excluding carboxylic acids is 2. The first kappa shape index (κ1) is 34.5. The second-order valence-electron chi connectivity index (χ2n) is 11.7. The molecule has 242 valence electrons. The molecule has 0 aliphatic heterocycles. The summed E-state index contributed by atoms with van der Waals surface area (Å²) in [5.41, 5.74) is 0.855. The molecule has 4 aromatic carbocycles. The minimum Gasteiger partial charge on any atom is -0.495 e. The summed E-state index contributed by atoms with van der Waals surface area (Å²) >= 11 is 6.41. The lowest BCUT2D eigenvalue weighted by Gasteiger charge is -2.35. The van der Waals surface area contributed by atoms with Gasteiger partial charge in [0.1, 0.15) is 24.2 Å².